The standard InChI is InChI=1S/C15H30N4OS/c1-4-16-14(19-9-12-21-15(2,3)13-19)17-5-6-18-7-10-20-11-8-18/h4-13H2,1-3H3,(H,16,17). The molecule has 0 aliphatic carbocycles. The summed E-state index contributed by atoms with van der Waals surface area (Å²) in [4.78, 5) is 9.69. The summed E-state index contributed by atoms with van der Waals surface area (Å²) in [6.07, 6.45) is 0. The summed E-state index contributed by atoms with van der Waals surface area (Å²) in [5, 5.41) is 3.45. The molecule has 2 fully saturated rings. The Bertz CT molecular complexity index is 343. The molecule has 0 aromatic carbocycles. The number of nitrogens with one attached hydrogen (secondary N) is 1. The van der Waals surface area contributed by atoms with E-state index in [1.54, 1.807) is 0 Å². The van der Waals surface area contributed by atoms with Crippen molar-refractivity contribution in [1.29, 1.82) is 0 Å². The Morgan fingerprint density at radius 2 is 2.05 bits per heavy atom. The maximum atomic E-state index is 5.38. The smallest absolute Gasteiger partial charge is 0.194 e. The second-order valence-electron chi connectivity index (χ2n) is 6.22. The average molecular weight is 314 g/mol. The first kappa shape index (κ1) is 16.9. The maximum absolute atomic E-state index is 5.38. The first-order valence-corrected chi connectivity index (χ1v) is 9.06. The Hall–Kier alpha value is -0.460. The monoisotopic (exact) mass is 314 g/mol. The molecule has 0 unspecified atom stereocenters. The van der Waals surface area contributed by atoms with Crippen LogP contribution in [0.1, 0.15) is 20.8 Å². The molecular weight excluding hydrogens is 284 g/mol. The molecule has 2 heterocycles. The third-order valence-corrected chi connectivity index (χ3v) is 5.14. The van der Waals surface area contributed by atoms with Gasteiger partial charge in [0.25, 0.3) is 0 Å². The minimum Gasteiger partial charge on any atom is -0.379 e. The quantitative estimate of drug-likeness (QED) is 0.622. The van der Waals surface area contributed by atoms with Gasteiger partial charge in [0.05, 0.1) is 19.8 Å². The van der Waals surface area contributed by atoms with Gasteiger partial charge in [0.1, 0.15) is 0 Å². The van der Waals surface area contributed by atoms with Crippen LogP contribution in [-0.4, -0.2) is 85.3 Å². The maximum Gasteiger partial charge on any atom is 0.194 e. The highest BCUT2D eigenvalue weighted by molar-refractivity contribution is 8.00. The molecule has 122 valence electrons. The van der Waals surface area contributed by atoms with Crippen LogP contribution < -0.4 is 5.32 Å². The Morgan fingerprint density at radius 3 is 2.71 bits per heavy atom. The van der Waals surface area contributed by atoms with Crippen molar-refractivity contribution in [1.82, 2.24) is 15.1 Å². The van der Waals surface area contributed by atoms with Crippen molar-refractivity contribution < 1.29 is 4.74 Å². The van der Waals surface area contributed by atoms with Gasteiger partial charge >= 0.3 is 0 Å². The lowest BCUT2D eigenvalue weighted by Crippen LogP contribution is -2.51. The topological polar surface area (TPSA) is 40.1 Å². The molecule has 0 radical (unpaired) electrons. The van der Waals surface area contributed by atoms with Crippen LogP contribution in [0.3, 0.4) is 0 Å². The van der Waals surface area contributed by atoms with Crippen LogP contribution in [0.5, 0.6) is 0 Å². The van der Waals surface area contributed by atoms with Gasteiger partial charge in [-0.1, -0.05) is 0 Å². The number of morpholine rings is 1. The van der Waals surface area contributed by atoms with E-state index in [2.05, 4.69) is 47.6 Å². The second-order valence-corrected chi connectivity index (χ2v) is 8.02. The molecule has 0 bridgehead atoms. The van der Waals surface area contributed by atoms with Crippen molar-refractivity contribution in [3.8, 4) is 0 Å². The Morgan fingerprint density at radius 1 is 1.29 bits per heavy atom. The molecule has 21 heavy (non-hydrogen) atoms. The molecule has 5 nitrogen and oxygen atoms in total. The van der Waals surface area contributed by atoms with Gasteiger partial charge in [-0.3, -0.25) is 9.89 Å². The van der Waals surface area contributed by atoms with E-state index in [1.165, 1.54) is 5.75 Å². The SMILES string of the molecule is CCNC(=NCCN1CCOCC1)N1CCSC(C)(C)C1. The lowest BCUT2D eigenvalue weighted by atomic mass is 10.2. The number of hydrogen-bond donors (Lipinski definition) is 1. The molecule has 6 heteroatoms. The van der Waals surface area contributed by atoms with Crippen LogP contribution in [0.25, 0.3) is 0 Å². The lowest BCUT2D eigenvalue weighted by molar-refractivity contribution is 0.0394. The molecule has 2 rings (SSSR count). The van der Waals surface area contributed by atoms with E-state index in [9.17, 15) is 0 Å². The number of rotatable bonds is 4. The van der Waals surface area contributed by atoms with Gasteiger partial charge in [-0.25, -0.2) is 0 Å². The second kappa shape index (κ2) is 8.25. The van der Waals surface area contributed by atoms with Crippen LogP contribution >= 0.6 is 11.8 Å². The van der Waals surface area contributed by atoms with E-state index in [1.807, 2.05) is 0 Å². The van der Waals surface area contributed by atoms with Crippen molar-refractivity contribution in [2.75, 3.05) is 64.8 Å². The minimum absolute atomic E-state index is 0.318. The summed E-state index contributed by atoms with van der Waals surface area (Å²) in [6, 6.07) is 0. The molecular formula is C15H30N4OS. The van der Waals surface area contributed by atoms with E-state index < -0.39 is 0 Å². The predicted octanol–water partition coefficient (Wildman–Crippen LogP) is 1.11. The van der Waals surface area contributed by atoms with Crippen molar-refractivity contribution >= 4 is 17.7 Å². The largest absolute Gasteiger partial charge is 0.379 e. The Balaban J connectivity index is 1.86. The molecule has 0 spiro atoms. The van der Waals surface area contributed by atoms with Crippen LogP contribution in [0.15, 0.2) is 4.99 Å². The normalized spacial score (nSPS) is 24.1. The molecule has 2 aliphatic heterocycles. The third-order valence-electron chi connectivity index (χ3n) is 3.84. The van der Waals surface area contributed by atoms with Gasteiger partial charge in [0.15, 0.2) is 5.96 Å². The number of aliphatic imine (C=N–C) groups is 1. The summed E-state index contributed by atoms with van der Waals surface area (Å²) in [7, 11) is 0. The minimum atomic E-state index is 0.318. The van der Waals surface area contributed by atoms with Gasteiger partial charge in [0, 0.05) is 49.8 Å². The molecule has 0 aromatic rings. The highest BCUT2D eigenvalue weighted by Gasteiger charge is 2.28. The van der Waals surface area contributed by atoms with Crippen molar-refractivity contribution in [2.24, 2.45) is 4.99 Å². The van der Waals surface area contributed by atoms with Crippen molar-refractivity contribution in [3.63, 3.8) is 0 Å². The summed E-state index contributed by atoms with van der Waals surface area (Å²) in [5.41, 5.74) is 0. The van der Waals surface area contributed by atoms with Crippen LogP contribution in [0.2, 0.25) is 0 Å². The summed E-state index contributed by atoms with van der Waals surface area (Å²) >= 11 is 2.06. The molecule has 0 atom stereocenters. The van der Waals surface area contributed by atoms with E-state index in [4.69, 9.17) is 9.73 Å². The first-order valence-electron chi connectivity index (χ1n) is 8.08. The summed E-state index contributed by atoms with van der Waals surface area (Å²) < 4.78 is 5.70. The van der Waals surface area contributed by atoms with Gasteiger partial charge in [-0.15, -0.1) is 0 Å². The van der Waals surface area contributed by atoms with Gasteiger partial charge in [0.2, 0.25) is 0 Å². The summed E-state index contributed by atoms with van der Waals surface area (Å²) in [6.45, 7) is 15.6. The zero-order valence-electron chi connectivity index (χ0n) is 13.7. The number of hydrogen-bond acceptors (Lipinski definition) is 4. The zero-order chi connectivity index (χ0) is 15.1. The molecule has 2 saturated heterocycles. The number of guanidine groups is 1. The van der Waals surface area contributed by atoms with E-state index in [0.717, 1.165) is 65.0 Å². The highest BCUT2D eigenvalue weighted by Crippen LogP contribution is 2.29. The Labute approximate surface area is 133 Å². The fraction of sp³-hybridized carbons (Fsp3) is 0.933. The van der Waals surface area contributed by atoms with Gasteiger partial charge in [-0.2, -0.15) is 11.8 Å². The molecule has 1 N–H and O–H groups in total. The van der Waals surface area contributed by atoms with E-state index in [-0.39, 0.29) is 0 Å². The lowest BCUT2D eigenvalue weighted by Gasteiger charge is -2.39. The third kappa shape index (κ3) is 5.68. The van der Waals surface area contributed by atoms with Gasteiger partial charge in [-0.05, 0) is 20.8 Å². The summed E-state index contributed by atoms with van der Waals surface area (Å²) in [5.74, 6) is 2.26. The molecule has 2 aliphatic rings. The van der Waals surface area contributed by atoms with Crippen molar-refractivity contribution in [3.05, 3.63) is 0 Å². The first-order chi connectivity index (χ1) is 10.1. The number of nitrogens with zero attached hydrogens (tertiary/aromatic N) is 3. The fourth-order valence-corrected chi connectivity index (χ4v) is 3.86. The number of thioether (sulfide) groups is 1. The van der Waals surface area contributed by atoms with Crippen molar-refractivity contribution in [2.45, 2.75) is 25.5 Å². The van der Waals surface area contributed by atoms with Crippen LogP contribution in [-0.2, 0) is 4.74 Å². The fourth-order valence-electron chi connectivity index (χ4n) is 2.75. The Kier molecular flexibility index (Phi) is 6.64. The highest BCUT2D eigenvalue weighted by atomic mass is 32.2. The molecule has 0 amide bonds. The predicted molar refractivity (Wildman–Crippen MR) is 91.3 cm³/mol. The van der Waals surface area contributed by atoms with Crippen LogP contribution in [0.4, 0.5) is 0 Å². The molecule has 0 aromatic heterocycles. The number of ether oxygens (including phenoxy) is 1. The average Bonchev–Trinajstić information content (AvgIpc) is 2.46. The zero-order valence-corrected chi connectivity index (χ0v) is 14.5. The van der Waals surface area contributed by atoms with E-state index in [0.29, 0.717) is 4.75 Å². The molecule has 0 saturated carbocycles. The van der Waals surface area contributed by atoms with Gasteiger partial charge < -0.3 is 15.0 Å². The van der Waals surface area contributed by atoms with E-state index >= 15 is 0 Å². The van der Waals surface area contributed by atoms with Crippen LogP contribution in [0, 0.1) is 0 Å².